The Morgan fingerprint density at radius 1 is 1.00 bits per heavy atom. The molecular weight excluding hydrogens is 300 g/mol. The van der Waals surface area contributed by atoms with Gasteiger partial charge in [0.05, 0.1) is 0 Å². The summed E-state index contributed by atoms with van der Waals surface area (Å²) in [6, 6.07) is 21.5. The lowest BCUT2D eigenvalue weighted by atomic mass is 10.1. The Hall–Kier alpha value is -3.58. The SMILES string of the molecule is N#C/C(=C\c1ccc(O)cc1)C(=O)Nc1cccc2ccccc12. The molecule has 0 aliphatic carbocycles. The number of carbonyl (C=O) groups excluding carboxylic acids is 1. The molecule has 0 unspecified atom stereocenters. The van der Waals surface area contributed by atoms with Crippen molar-refractivity contribution in [3.63, 3.8) is 0 Å². The summed E-state index contributed by atoms with van der Waals surface area (Å²) < 4.78 is 0. The number of anilines is 1. The topological polar surface area (TPSA) is 73.1 Å². The van der Waals surface area contributed by atoms with Crippen LogP contribution in [0, 0.1) is 11.3 Å². The second kappa shape index (κ2) is 6.67. The van der Waals surface area contributed by atoms with Crippen LogP contribution in [0.4, 0.5) is 5.69 Å². The van der Waals surface area contributed by atoms with Crippen LogP contribution in [0.3, 0.4) is 0 Å². The number of nitrogens with zero attached hydrogens (tertiary/aromatic N) is 1. The van der Waals surface area contributed by atoms with Gasteiger partial charge in [-0.3, -0.25) is 4.79 Å². The minimum absolute atomic E-state index is 0.00590. The predicted molar refractivity (Wildman–Crippen MR) is 94.3 cm³/mol. The van der Waals surface area contributed by atoms with Crippen LogP contribution in [0.5, 0.6) is 5.75 Å². The van der Waals surface area contributed by atoms with Crippen molar-refractivity contribution >= 4 is 28.4 Å². The summed E-state index contributed by atoms with van der Waals surface area (Å²) >= 11 is 0. The van der Waals surface area contributed by atoms with Gasteiger partial charge in [0.1, 0.15) is 17.4 Å². The van der Waals surface area contributed by atoms with E-state index in [9.17, 15) is 15.2 Å². The Morgan fingerprint density at radius 3 is 2.46 bits per heavy atom. The third-order valence-corrected chi connectivity index (χ3v) is 3.61. The molecule has 0 radical (unpaired) electrons. The van der Waals surface area contributed by atoms with Crippen molar-refractivity contribution in [1.82, 2.24) is 0 Å². The molecule has 0 saturated carbocycles. The number of nitrogens with one attached hydrogen (secondary N) is 1. The third-order valence-electron chi connectivity index (χ3n) is 3.61. The van der Waals surface area contributed by atoms with Crippen LogP contribution in [0.25, 0.3) is 16.8 Å². The molecule has 0 heterocycles. The Kier molecular flexibility index (Phi) is 4.26. The molecule has 4 nitrogen and oxygen atoms in total. The standard InChI is InChI=1S/C20H14N2O2/c21-13-16(12-14-8-10-17(23)11-9-14)20(24)22-19-7-3-5-15-4-1-2-6-18(15)19/h1-12,23H,(H,22,24)/b16-12+. The highest BCUT2D eigenvalue weighted by atomic mass is 16.3. The summed E-state index contributed by atoms with van der Waals surface area (Å²) in [7, 11) is 0. The number of phenolic OH excluding ortho intramolecular Hbond substituents is 1. The maximum atomic E-state index is 12.4. The molecule has 2 N–H and O–H groups in total. The van der Waals surface area contributed by atoms with Gasteiger partial charge in [-0.05, 0) is 35.2 Å². The van der Waals surface area contributed by atoms with E-state index in [4.69, 9.17) is 0 Å². The molecule has 4 heteroatoms. The quantitative estimate of drug-likeness (QED) is 0.565. The Morgan fingerprint density at radius 2 is 1.71 bits per heavy atom. The van der Waals surface area contributed by atoms with Crippen molar-refractivity contribution in [2.24, 2.45) is 0 Å². The minimum Gasteiger partial charge on any atom is -0.508 e. The van der Waals surface area contributed by atoms with Gasteiger partial charge in [0, 0.05) is 11.1 Å². The minimum atomic E-state index is -0.470. The van der Waals surface area contributed by atoms with Gasteiger partial charge in [-0.25, -0.2) is 0 Å². The van der Waals surface area contributed by atoms with Crippen LogP contribution < -0.4 is 5.32 Å². The fourth-order valence-corrected chi connectivity index (χ4v) is 2.41. The monoisotopic (exact) mass is 314 g/mol. The molecule has 3 aromatic rings. The van der Waals surface area contributed by atoms with Gasteiger partial charge in [-0.15, -0.1) is 0 Å². The number of hydrogen-bond acceptors (Lipinski definition) is 3. The Balaban J connectivity index is 1.89. The maximum Gasteiger partial charge on any atom is 0.266 e. The van der Waals surface area contributed by atoms with Crippen LogP contribution in [0.15, 0.2) is 72.3 Å². The van der Waals surface area contributed by atoms with E-state index in [-0.39, 0.29) is 11.3 Å². The molecular formula is C20H14N2O2. The summed E-state index contributed by atoms with van der Waals surface area (Å²) in [6.45, 7) is 0. The molecule has 0 bridgehead atoms. The van der Waals surface area contributed by atoms with E-state index < -0.39 is 5.91 Å². The van der Waals surface area contributed by atoms with Gasteiger partial charge in [0.15, 0.2) is 0 Å². The molecule has 0 spiro atoms. The van der Waals surface area contributed by atoms with Gasteiger partial charge in [-0.2, -0.15) is 5.26 Å². The number of carbonyl (C=O) groups is 1. The number of hydrogen-bond donors (Lipinski definition) is 2. The van der Waals surface area contributed by atoms with Gasteiger partial charge < -0.3 is 10.4 Å². The number of amides is 1. The Labute approximate surface area is 139 Å². The molecule has 0 aromatic heterocycles. The van der Waals surface area contributed by atoms with Crippen molar-refractivity contribution in [1.29, 1.82) is 5.26 Å². The normalized spacial score (nSPS) is 11.0. The van der Waals surface area contributed by atoms with Gasteiger partial charge in [0.2, 0.25) is 0 Å². The van der Waals surface area contributed by atoms with Crippen molar-refractivity contribution in [3.8, 4) is 11.8 Å². The molecule has 0 aliphatic heterocycles. The smallest absolute Gasteiger partial charge is 0.266 e. The summed E-state index contributed by atoms with van der Waals surface area (Å²) in [5.41, 5.74) is 1.32. The average Bonchev–Trinajstić information content (AvgIpc) is 2.61. The Bertz CT molecular complexity index is 962. The molecule has 3 aromatic carbocycles. The van der Waals surface area contributed by atoms with E-state index in [1.807, 2.05) is 42.5 Å². The van der Waals surface area contributed by atoms with E-state index in [0.717, 1.165) is 10.8 Å². The second-order valence-electron chi connectivity index (χ2n) is 5.24. The van der Waals surface area contributed by atoms with Crippen LogP contribution >= 0.6 is 0 Å². The fraction of sp³-hybridized carbons (Fsp3) is 0. The lowest BCUT2D eigenvalue weighted by Gasteiger charge is -2.08. The zero-order valence-electron chi connectivity index (χ0n) is 12.7. The molecule has 116 valence electrons. The molecule has 0 fully saturated rings. The number of nitriles is 1. The van der Waals surface area contributed by atoms with Gasteiger partial charge in [-0.1, -0.05) is 48.5 Å². The molecule has 24 heavy (non-hydrogen) atoms. The van der Waals surface area contributed by atoms with Gasteiger partial charge >= 0.3 is 0 Å². The highest BCUT2D eigenvalue weighted by Gasteiger charge is 2.11. The zero-order valence-corrected chi connectivity index (χ0v) is 12.7. The fourth-order valence-electron chi connectivity index (χ4n) is 2.41. The van der Waals surface area contributed by atoms with Gasteiger partial charge in [0.25, 0.3) is 5.91 Å². The van der Waals surface area contributed by atoms with Crippen molar-refractivity contribution in [2.75, 3.05) is 5.32 Å². The number of rotatable bonds is 3. The first-order valence-electron chi connectivity index (χ1n) is 7.37. The lowest BCUT2D eigenvalue weighted by molar-refractivity contribution is -0.112. The average molecular weight is 314 g/mol. The van der Waals surface area contributed by atoms with Crippen molar-refractivity contribution in [2.45, 2.75) is 0 Å². The van der Waals surface area contributed by atoms with Crippen LogP contribution in [-0.2, 0) is 4.79 Å². The van der Waals surface area contributed by atoms with Crippen LogP contribution in [0.2, 0.25) is 0 Å². The van der Waals surface area contributed by atoms with Crippen LogP contribution in [-0.4, -0.2) is 11.0 Å². The number of benzene rings is 3. The van der Waals surface area contributed by atoms with E-state index in [0.29, 0.717) is 11.3 Å². The van der Waals surface area contributed by atoms with E-state index in [2.05, 4.69) is 5.32 Å². The van der Waals surface area contributed by atoms with E-state index in [1.54, 1.807) is 18.2 Å². The molecule has 1 amide bonds. The third kappa shape index (κ3) is 3.26. The number of aromatic hydroxyl groups is 1. The molecule has 3 rings (SSSR count). The number of fused-ring (bicyclic) bond motifs is 1. The van der Waals surface area contributed by atoms with Crippen molar-refractivity contribution in [3.05, 3.63) is 77.9 Å². The highest BCUT2D eigenvalue weighted by Crippen LogP contribution is 2.23. The number of phenols is 1. The largest absolute Gasteiger partial charge is 0.508 e. The first kappa shape index (κ1) is 15.3. The van der Waals surface area contributed by atoms with E-state index >= 15 is 0 Å². The summed E-state index contributed by atoms with van der Waals surface area (Å²) in [5, 5.41) is 23.3. The maximum absolute atomic E-state index is 12.4. The second-order valence-corrected chi connectivity index (χ2v) is 5.24. The molecule has 0 aliphatic rings. The predicted octanol–water partition coefficient (Wildman–Crippen LogP) is 4.09. The summed E-state index contributed by atoms with van der Waals surface area (Å²) in [6.07, 6.45) is 1.49. The summed E-state index contributed by atoms with van der Waals surface area (Å²) in [4.78, 5) is 12.4. The van der Waals surface area contributed by atoms with E-state index in [1.165, 1.54) is 18.2 Å². The summed E-state index contributed by atoms with van der Waals surface area (Å²) in [5.74, 6) is -0.340. The molecule has 0 saturated heterocycles. The first-order chi connectivity index (χ1) is 11.7. The lowest BCUT2D eigenvalue weighted by Crippen LogP contribution is -2.13. The zero-order chi connectivity index (χ0) is 16.9. The highest BCUT2D eigenvalue weighted by molar-refractivity contribution is 6.12. The van der Waals surface area contributed by atoms with Crippen LogP contribution in [0.1, 0.15) is 5.56 Å². The first-order valence-corrected chi connectivity index (χ1v) is 7.37. The molecule has 0 atom stereocenters. The van der Waals surface area contributed by atoms with Crippen molar-refractivity contribution < 1.29 is 9.90 Å².